The molecule has 0 fully saturated rings. The predicted octanol–water partition coefficient (Wildman–Crippen LogP) is 0.176. The van der Waals surface area contributed by atoms with Crippen LogP contribution in [0.4, 0.5) is 0 Å². The van der Waals surface area contributed by atoms with Gasteiger partial charge in [-0.3, -0.25) is 9.59 Å². The Hall–Kier alpha value is -2.45. The van der Waals surface area contributed by atoms with Crippen LogP contribution in [0.1, 0.15) is 25.8 Å². The number of hydrogen-bond donors (Lipinski definition) is 4. The van der Waals surface area contributed by atoms with Gasteiger partial charge in [0.25, 0.3) is 5.91 Å². The van der Waals surface area contributed by atoms with E-state index < -0.39 is 36.0 Å². The lowest BCUT2D eigenvalue weighted by Gasteiger charge is -2.29. The highest BCUT2D eigenvalue weighted by Crippen LogP contribution is 2.10. The van der Waals surface area contributed by atoms with Crippen LogP contribution < -0.4 is 16.4 Å². The maximum Gasteiger partial charge on any atom is 0.326 e. The number of amides is 2. The first-order valence-electron chi connectivity index (χ1n) is 8.99. The molecule has 1 rings (SSSR count). The highest BCUT2D eigenvalue weighted by Gasteiger charge is 2.32. The Morgan fingerprint density at radius 2 is 1.81 bits per heavy atom. The molecule has 4 atom stereocenters. The molecule has 2 amide bonds. The van der Waals surface area contributed by atoms with Crippen LogP contribution in [0.5, 0.6) is 0 Å². The Balaban J connectivity index is 2.81. The van der Waals surface area contributed by atoms with E-state index in [9.17, 15) is 19.5 Å². The molecule has 1 aromatic carbocycles. The number of aliphatic carboxylic acids is 1. The average molecular weight is 378 g/mol. The molecule has 2 unspecified atom stereocenters. The van der Waals surface area contributed by atoms with Crippen LogP contribution in [0.2, 0.25) is 0 Å². The number of carboxylic acid groups (broad SMARTS) is 1. The van der Waals surface area contributed by atoms with Crippen molar-refractivity contribution in [2.24, 2.45) is 11.7 Å². The maximum atomic E-state index is 12.6. The number of carbonyl (C=O) groups excluding carboxylic acids is 2. The van der Waals surface area contributed by atoms with Crippen molar-refractivity contribution in [3.05, 3.63) is 35.9 Å². The topological polar surface area (TPSA) is 125 Å². The molecule has 0 radical (unpaired) electrons. The summed E-state index contributed by atoms with van der Waals surface area (Å²) in [5.74, 6) is -2.14. The summed E-state index contributed by atoms with van der Waals surface area (Å²) in [5, 5.41) is 14.9. The molecular weight excluding hydrogens is 348 g/mol. The standard InChI is InChI=1S/C19H30N4O4/c1-5-12(2)15(21-3)17(24)22-16(20)18(25)23(4)14(19(26)27)11-13-9-7-6-8-10-13/h6-10,12,14-16,21H,5,11,20H2,1-4H3,(H,22,24)(H,26,27)/t12?,14?,15-,16+/m0/s1. The van der Waals surface area contributed by atoms with Crippen molar-refractivity contribution in [2.45, 2.75) is 44.9 Å². The van der Waals surface area contributed by atoms with Gasteiger partial charge >= 0.3 is 5.97 Å². The van der Waals surface area contributed by atoms with Gasteiger partial charge < -0.3 is 26.4 Å². The van der Waals surface area contributed by atoms with E-state index in [1.165, 1.54) is 7.05 Å². The van der Waals surface area contributed by atoms with Crippen LogP contribution in [0.25, 0.3) is 0 Å². The summed E-state index contributed by atoms with van der Waals surface area (Å²) in [6, 6.07) is 7.44. The first-order chi connectivity index (χ1) is 12.7. The van der Waals surface area contributed by atoms with Crippen molar-refractivity contribution < 1.29 is 19.5 Å². The van der Waals surface area contributed by atoms with E-state index in [-0.39, 0.29) is 12.3 Å². The van der Waals surface area contributed by atoms with Crippen molar-refractivity contribution >= 4 is 17.8 Å². The van der Waals surface area contributed by atoms with Gasteiger partial charge in [-0.2, -0.15) is 0 Å². The number of carboxylic acids is 1. The lowest BCUT2D eigenvalue weighted by Crippen LogP contribution is -2.59. The lowest BCUT2D eigenvalue weighted by atomic mass is 9.98. The zero-order valence-electron chi connectivity index (χ0n) is 16.3. The number of nitrogens with two attached hydrogens (primary N) is 1. The number of benzene rings is 1. The van der Waals surface area contributed by atoms with E-state index >= 15 is 0 Å². The van der Waals surface area contributed by atoms with E-state index in [2.05, 4.69) is 10.6 Å². The molecule has 0 bridgehead atoms. The molecule has 0 spiro atoms. The molecule has 1 aromatic rings. The van der Waals surface area contributed by atoms with Gasteiger partial charge in [0.05, 0.1) is 6.04 Å². The van der Waals surface area contributed by atoms with Gasteiger partial charge in [-0.15, -0.1) is 0 Å². The Bertz CT molecular complexity index is 638. The zero-order chi connectivity index (χ0) is 20.6. The molecule has 5 N–H and O–H groups in total. The molecule has 0 aliphatic heterocycles. The van der Waals surface area contributed by atoms with Gasteiger partial charge in [-0.1, -0.05) is 50.6 Å². The fourth-order valence-electron chi connectivity index (χ4n) is 2.81. The van der Waals surface area contributed by atoms with Crippen LogP contribution in [0.15, 0.2) is 30.3 Å². The van der Waals surface area contributed by atoms with Gasteiger partial charge in [0.15, 0.2) is 6.17 Å². The summed E-state index contributed by atoms with van der Waals surface area (Å²) < 4.78 is 0. The summed E-state index contributed by atoms with van der Waals surface area (Å²) in [6.07, 6.45) is -0.398. The highest BCUT2D eigenvalue weighted by atomic mass is 16.4. The largest absolute Gasteiger partial charge is 0.480 e. The van der Waals surface area contributed by atoms with Crippen LogP contribution >= 0.6 is 0 Å². The normalized spacial score (nSPS) is 15.3. The van der Waals surface area contributed by atoms with Gasteiger partial charge in [0.1, 0.15) is 6.04 Å². The van der Waals surface area contributed by atoms with Crippen LogP contribution in [0, 0.1) is 5.92 Å². The van der Waals surface area contributed by atoms with Gasteiger partial charge in [-0.05, 0) is 18.5 Å². The molecule has 8 nitrogen and oxygen atoms in total. The summed E-state index contributed by atoms with van der Waals surface area (Å²) >= 11 is 0. The molecule has 0 saturated heterocycles. The highest BCUT2D eigenvalue weighted by molar-refractivity contribution is 5.91. The van der Waals surface area contributed by atoms with Gasteiger partial charge in [-0.25, -0.2) is 4.79 Å². The van der Waals surface area contributed by atoms with E-state index in [1.54, 1.807) is 31.3 Å². The van der Waals surface area contributed by atoms with Gasteiger partial charge in [0, 0.05) is 13.5 Å². The minimum Gasteiger partial charge on any atom is -0.480 e. The Labute approximate surface area is 160 Å². The smallest absolute Gasteiger partial charge is 0.326 e. The van der Waals surface area contributed by atoms with E-state index in [4.69, 9.17) is 5.73 Å². The number of carbonyl (C=O) groups is 3. The fraction of sp³-hybridized carbons (Fsp3) is 0.526. The molecular formula is C19H30N4O4. The molecule has 8 heteroatoms. The lowest BCUT2D eigenvalue weighted by molar-refractivity contribution is -0.150. The summed E-state index contributed by atoms with van der Waals surface area (Å²) in [4.78, 5) is 37.6. The summed E-state index contributed by atoms with van der Waals surface area (Å²) in [7, 11) is 3.04. The van der Waals surface area contributed by atoms with Gasteiger partial charge in [0.2, 0.25) is 5.91 Å². The summed E-state index contributed by atoms with van der Waals surface area (Å²) in [5.41, 5.74) is 6.63. The van der Waals surface area contributed by atoms with Crippen molar-refractivity contribution in [1.82, 2.24) is 15.5 Å². The number of likely N-dealkylation sites (N-methyl/N-ethyl adjacent to an activating group) is 2. The van der Waals surface area contributed by atoms with Crippen molar-refractivity contribution in [3.8, 4) is 0 Å². The number of rotatable bonds is 10. The van der Waals surface area contributed by atoms with Crippen molar-refractivity contribution in [3.63, 3.8) is 0 Å². The SMILES string of the molecule is CCC(C)[C@H](NC)C(=O)N[C@@H](N)C(=O)N(C)C(Cc1ccccc1)C(=O)O. The maximum absolute atomic E-state index is 12.6. The monoisotopic (exact) mass is 378 g/mol. The van der Waals surface area contributed by atoms with Crippen LogP contribution in [0.3, 0.4) is 0 Å². The predicted molar refractivity (Wildman–Crippen MR) is 103 cm³/mol. The minimum atomic E-state index is -1.32. The molecule has 150 valence electrons. The zero-order valence-corrected chi connectivity index (χ0v) is 16.3. The molecule has 27 heavy (non-hydrogen) atoms. The second-order valence-corrected chi connectivity index (χ2v) is 6.63. The third kappa shape index (κ3) is 6.33. The Kier molecular flexibility index (Phi) is 8.90. The number of nitrogens with one attached hydrogen (secondary N) is 2. The van der Waals surface area contributed by atoms with Crippen LogP contribution in [-0.4, -0.2) is 60.1 Å². The van der Waals surface area contributed by atoms with Crippen molar-refractivity contribution in [2.75, 3.05) is 14.1 Å². The quantitative estimate of drug-likeness (QED) is 0.430. The Morgan fingerprint density at radius 3 is 2.30 bits per heavy atom. The minimum absolute atomic E-state index is 0.0554. The molecule has 0 aliphatic rings. The summed E-state index contributed by atoms with van der Waals surface area (Å²) in [6.45, 7) is 3.88. The Morgan fingerprint density at radius 1 is 1.22 bits per heavy atom. The second kappa shape index (κ2) is 10.6. The molecule has 0 heterocycles. The first-order valence-corrected chi connectivity index (χ1v) is 8.99. The first kappa shape index (κ1) is 22.6. The van der Waals surface area contributed by atoms with E-state index in [0.717, 1.165) is 16.9 Å². The van der Waals surface area contributed by atoms with E-state index in [0.29, 0.717) is 0 Å². The number of nitrogens with zero attached hydrogens (tertiary/aromatic N) is 1. The second-order valence-electron chi connectivity index (χ2n) is 6.63. The number of hydrogen-bond acceptors (Lipinski definition) is 5. The fourth-order valence-corrected chi connectivity index (χ4v) is 2.81. The van der Waals surface area contributed by atoms with Crippen LogP contribution in [-0.2, 0) is 20.8 Å². The molecule has 0 aliphatic carbocycles. The third-order valence-corrected chi connectivity index (χ3v) is 4.74. The van der Waals surface area contributed by atoms with Crippen molar-refractivity contribution in [1.29, 1.82) is 0 Å². The average Bonchev–Trinajstić information content (AvgIpc) is 2.65. The van der Waals surface area contributed by atoms with E-state index in [1.807, 2.05) is 19.9 Å². The molecule has 0 aromatic heterocycles. The third-order valence-electron chi connectivity index (χ3n) is 4.74. The molecule has 0 saturated carbocycles.